The molecule has 5 nitrogen and oxygen atoms in total. The number of hydrogen-bond donors (Lipinski definition) is 1. The molecule has 0 atom stereocenters. The van der Waals surface area contributed by atoms with Crippen LogP contribution in [0, 0.1) is 5.92 Å². The zero-order chi connectivity index (χ0) is 14.8. The second-order valence-electron chi connectivity index (χ2n) is 6.26. The van der Waals surface area contributed by atoms with E-state index in [1.54, 1.807) is 10.9 Å². The quantitative estimate of drug-likeness (QED) is 0.925. The SMILES string of the molecule is Cn1cc(Cl)c(CNC(=O)C2CN(C3CCCCC3)C2)n1. The third-order valence-corrected chi connectivity index (χ3v) is 4.97. The monoisotopic (exact) mass is 310 g/mol. The Morgan fingerprint density at radius 2 is 2.10 bits per heavy atom. The largest absolute Gasteiger partial charge is 0.350 e. The molecule has 6 heteroatoms. The van der Waals surface area contributed by atoms with Gasteiger partial charge in [-0.15, -0.1) is 0 Å². The number of rotatable bonds is 4. The van der Waals surface area contributed by atoms with E-state index in [1.165, 1.54) is 32.1 Å². The van der Waals surface area contributed by atoms with Crippen LogP contribution in [0.15, 0.2) is 6.20 Å². The van der Waals surface area contributed by atoms with Crippen molar-refractivity contribution in [1.82, 2.24) is 20.0 Å². The minimum atomic E-state index is 0.128. The van der Waals surface area contributed by atoms with Crippen molar-refractivity contribution in [3.8, 4) is 0 Å². The van der Waals surface area contributed by atoms with Crippen LogP contribution in [0.25, 0.3) is 0 Å². The standard InChI is InChI=1S/C15H23ClN4O/c1-19-10-13(16)14(18-19)7-17-15(21)11-8-20(9-11)12-5-3-2-4-6-12/h10-12H,2-9H2,1H3,(H,17,21). The fourth-order valence-electron chi connectivity index (χ4n) is 3.36. The van der Waals surface area contributed by atoms with Crippen molar-refractivity contribution >= 4 is 17.5 Å². The van der Waals surface area contributed by atoms with Crippen molar-refractivity contribution < 1.29 is 4.79 Å². The van der Waals surface area contributed by atoms with Crippen molar-refractivity contribution in [3.05, 3.63) is 16.9 Å². The summed E-state index contributed by atoms with van der Waals surface area (Å²) in [5.41, 5.74) is 0.732. The average Bonchev–Trinajstić information content (AvgIpc) is 2.74. The first-order chi connectivity index (χ1) is 10.1. The molecule has 0 unspecified atom stereocenters. The van der Waals surface area contributed by atoms with Crippen LogP contribution >= 0.6 is 11.6 Å². The highest BCUT2D eigenvalue weighted by molar-refractivity contribution is 6.31. The van der Waals surface area contributed by atoms with Crippen LogP contribution in [0.3, 0.4) is 0 Å². The van der Waals surface area contributed by atoms with Gasteiger partial charge in [-0.25, -0.2) is 0 Å². The van der Waals surface area contributed by atoms with E-state index in [4.69, 9.17) is 11.6 Å². The molecular weight excluding hydrogens is 288 g/mol. The second-order valence-corrected chi connectivity index (χ2v) is 6.67. The fourth-order valence-corrected chi connectivity index (χ4v) is 3.61. The van der Waals surface area contributed by atoms with Crippen LogP contribution in [-0.2, 0) is 18.4 Å². The lowest BCUT2D eigenvalue weighted by Gasteiger charge is -2.44. The molecule has 2 heterocycles. The first-order valence-electron chi connectivity index (χ1n) is 7.83. The maximum atomic E-state index is 12.1. The molecule has 0 bridgehead atoms. The maximum absolute atomic E-state index is 12.1. The number of carbonyl (C=O) groups is 1. The minimum absolute atomic E-state index is 0.128. The van der Waals surface area contributed by atoms with Gasteiger partial charge in [0.1, 0.15) is 5.69 Å². The van der Waals surface area contributed by atoms with E-state index in [1.807, 2.05) is 7.05 Å². The summed E-state index contributed by atoms with van der Waals surface area (Å²) in [6.45, 7) is 2.23. The Kier molecular flexibility index (Phi) is 4.50. The number of nitrogens with one attached hydrogen (secondary N) is 1. The lowest BCUT2D eigenvalue weighted by atomic mass is 9.89. The van der Waals surface area contributed by atoms with Crippen LogP contribution in [-0.4, -0.2) is 39.7 Å². The summed E-state index contributed by atoms with van der Waals surface area (Å²) in [7, 11) is 1.82. The molecule has 1 aliphatic heterocycles. The number of halogens is 1. The number of hydrogen-bond acceptors (Lipinski definition) is 3. The molecule has 1 saturated carbocycles. The number of likely N-dealkylation sites (tertiary alicyclic amines) is 1. The van der Waals surface area contributed by atoms with Crippen molar-refractivity contribution in [2.45, 2.75) is 44.7 Å². The van der Waals surface area contributed by atoms with Crippen LogP contribution < -0.4 is 5.32 Å². The molecule has 1 amide bonds. The fraction of sp³-hybridized carbons (Fsp3) is 0.733. The third kappa shape index (κ3) is 3.40. The minimum Gasteiger partial charge on any atom is -0.350 e. The first kappa shape index (κ1) is 14.9. The van der Waals surface area contributed by atoms with Crippen LogP contribution in [0.1, 0.15) is 37.8 Å². The van der Waals surface area contributed by atoms with E-state index < -0.39 is 0 Å². The molecule has 3 rings (SSSR count). The number of aromatic nitrogens is 2. The van der Waals surface area contributed by atoms with Crippen LogP contribution in [0.2, 0.25) is 5.02 Å². The summed E-state index contributed by atoms with van der Waals surface area (Å²) in [5.74, 6) is 0.262. The van der Waals surface area contributed by atoms with Gasteiger partial charge in [-0.2, -0.15) is 5.10 Å². The van der Waals surface area contributed by atoms with Gasteiger partial charge >= 0.3 is 0 Å². The summed E-state index contributed by atoms with van der Waals surface area (Å²) >= 11 is 6.04. The molecule has 2 fully saturated rings. The normalized spacial score (nSPS) is 21.2. The lowest BCUT2D eigenvalue weighted by molar-refractivity contribution is -0.131. The highest BCUT2D eigenvalue weighted by Crippen LogP contribution is 2.28. The first-order valence-corrected chi connectivity index (χ1v) is 8.21. The number of amides is 1. The molecule has 1 aromatic heterocycles. The van der Waals surface area contributed by atoms with Crippen molar-refractivity contribution in [3.63, 3.8) is 0 Å². The van der Waals surface area contributed by atoms with E-state index in [0.29, 0.717) is 17.6 Å². The Hall–Kier alpha value is -1.07. The summed E-state index contributed by atoms with van der Waals surface area (Å²) < 4.78 is 1.66. The lowest BCUT2D eigenvalue weighted by Crippen LogP contribution is -2.57. The Bertz CT molecular complexity index is 504. The number of carbonyl (C=O) groups excluding carboxylic acids is 1. The Balaban J connectivity index is 1.42. The molecule has 1 aliphatic carbocycles. The zero-order valence-corrected chi connectivity index (χ0v) is 13.3. The van der Waals surface area contributed by atoms with Gasteiger partial charge in [-0.3, -0.25) is 14.4 Å². The molecular formula is C15H23ClN4O. The zero-order valence-electron chi connectivity index (χ0n) is 12.5. The van der Waals surface area contributed by atoms with E-state index >= 15 is 0 Å². The van der Waals surface area contributed by atoms with Gasteiger partial charge in [0.25, 0.3) is 0 Å². The maximum Gasteiger partial charge on any atom is 0.226 e. The van der Waals surface area contributed by atoms with Gasteiger partial charge < -0.3 is 5.32 Å². The van der Waals surface area contributed by atoms with E-state index in [-0.39, 0.29) is 11.8 Å². The Morgan fingerprint density at radius 1 is 1.38 bits per heavy atom. The van der Waals surface area contributed by atoms with Crippen LogP contribution in [0.4, 0.5) is 0 Å². The molecule has 2 aliphatic rings. The number of nitrogens with zero attached hydrogens (tertiary/aromatic N) is 3. The summed E-state index contributed by atoms with van der Waals surface area (Å²) in [4.78, 5) is 14.6. The number of aryl methyl sites for hydroxylation is 1. The summed E-state index contributed by atoms with van der Waals surface area (Å²) in [6, 6.07) is 0.716. The van der Waals surface area contributed by atoms with Crippen molar-refractivity contribution in [2.75, 3.05) is 13.1 Å². The van der Waals surface area contributed by atoms with Crippen molar-refractivity contribution in [1.29, 1.82) is 0 Å². The average molecular weight is 311 g/mol. The van der Waals surface area contributed by atoms with Gasteiger partial charge in [0.15, 0.2) is 0 Å². The summed E-state index contributed by atoms with van der Waals surface area (Å²) in [5, 5.41) is 7.79. The Morgan fingerprint density at radius 3 is 2.71 bits per heavy atom. The topological polar surface area (TPSA) is 50.2 Å². The molecule has 1 aromatic rings. The smallest absolute Gasteiger partial charge is 0.226 e. The molecule has 21 heavy (non-hydrogen) atoms. The predicted molar refractivity (Wildman–Crippen MR) is 82.0 cm³/mol. The molecule has 0 spiro atoms. The third-order valence-electron chi connectivity index (χ3n) is 4.66. The molecule has 0 aromatic carbocycles. The van der Waals surface area contributed by atoms with Crippen molar-refractivity contribution in [2.24, 2.45) is 13.0 Å². The molecule has 116 valence electrons. The second kappa shape index (κ2) is 6.36. The van der Waals surface area contributed by atoms with E-state index in [2.05, 4.69) is 15.3 Å². The van der Waals surface area contributed by atoms with Gasteiger partial charge in [-0.05, 0) is 12.8 Å². The predicted octanol–water partition coefficient (Wildman–Crippen LogP) is 1.95. The van der Waals surface area contributed by atoms with Gasteiger partial charge in [0.05, 0.1) is 17.5 Å². The Labute approximate surface area is 130 Å². The van der Waals surface area contributed by atoms with Gasteiger partial charge in [0, 0.05) is 32.4 Å². The molecule has 1 saturated heterocycles. The molecule has 0 radical (unpaired) electrons. The highest BCUT2D eigenvalue weighted by atomic mass is 35.5. The van der Waals surface area contributed by atoms with Gasteiger partial charge in [0.2, 0.25) is 5.91 Å². The highest BCUT2D eigenvalue weighted by Gasteiger charge is 2.36. The summed E-state index contributed by atoms with van der Waals surface area (Å²) in [6.07, 6.45) is 8.42. The molecule has 1 N–H and O–H groups in total. The van der Waals surface area contributed by atoms with E-state index in [9.17, 15) is 4.79 Å². The van der Waals surface area contributed by atoms with Crippen LogP contribution in [0.5, 0.6) is 0 Å². The van der Waals surface area contributed by atoms with Gasteiger partial charge in [-0.1, -0.05) is 30.9 Å². The van der Waals surface area contributed by atoms with E-state index in [0.717, 1.165) is 18.8 Å².